The van der Waals surface area contributed by atoms with E-state index in [0.29, 0.717) is 0 Å². The Balaban J connectivity index is 0.000000433. The van der Waals surface area contributed by atoms with E-state index in [2.05, 4.69) is 111 Å². The Bertz CT molecular complexity index is 557. The number of hydrogen-bond acceptors (Lipinski definition) is 1. The molecule has 2 heteroatoms. The molecule has 3 aromatic rings. The van der Waals surface area contributed by atoms with Gasteiger partial charge < -0.3 is 12.6 Å². The van der Waals surface area contributed by atoms with Crippen LogP contribution in [0.5, 0.6) is 0 Å². The van der Waals surface area contributed by atoms with Crippen LogP contribution >= 0.6 is 0 Å². The molecule has 0 aliphatic rings. The van der Waals surface area contributed by atoms with Crippen molar-refractivity contribution in [3.8, 4) is 0 Å². The molecule has 3 aromatic carbocycles. The zero-order valence-electron chi connectivity index (χ0n) is 13.5. The van der Waals surface area contributed by atoms with Crippen LogP contribution in [0.1, 0.15) is 13.3 Å². The fraction of sp³-hybridized carbons (Fsp3) is 0.143. The quantitative estimate of drug-likeness (QED) is 0.382. The van der Waals surface area contributed by atoms with E-state index in [0.717, 1.165) is 12.2 Å². The minimum absolute atomic E-state index is 0.903. The molecule has 3 rings (SSSR count). The van der Waals surface area contributed by atoms with Crippen LogP contribution in [0, 0.1) is 0 Å². The van der Waals surface area contributed by atoms with Gasteiger partial charge in [-0.2, -0.15) is 5.75 Å². The van der Waals surface area contributed by atoms with Gasteiger partial charge >= 0.3 is 123 Å². The van der Waals surface area contributed by atoms with E-state index in [1.165, 1.54) is 0 Å². The van der Waals surface area contributed by atoms with Crippen molar-refractivity contribution in [2.24, 2.45) is 0 Å². The second kappa shape index (κ2) is 10.7. The van der Waals surface area contributed by atoms with Crippen molar-refractivity contribution in [2.75, 3.05) is 5.75 Å². The molecular formula is C21H22PbS-. The zero-order valence-corrected chi connectivity index (χ0v) is 18.2. The molecule has 0 aliphatic carbocycles. The van der Waals surface area contributed by atoms with E-state index < -0.39 is 22.7 Å². The standard InChI is InChI=1S/3C6H5.C3H8S.Pb/c3*1-2-4-6-5-3-1;1-2-3-4;/h3*1-5H;4H,2-3H2,1H3;/p-1. The van der Waals surface area contributed by atoms with Crippen molar-refractivity contribution in [1.82, 2.24) is 0 Å². The van der Waals surface area contributed by atoms with E-state index in [9.17, 15) is 0 Å². The number of rotatable bonds is 4. The van der Waals surface area contributed by atoms with E-state index in [4.69, 9.17) is 0 Å². The van der Waals surface area contributed by atoms with Crippen LogP contribution in [0.15, 0.2) is 91.0 Å². The summed E-state index contributed by atoms with van der Waals surface area (Å²) in [6.45, 7) is 2.08. The van der Waals surface area contributed by atoms with Crippen molar-refractivity contribution in [2.45, 2.75) is 13.3 Å². The molecule has 0 aliphatic heterocycles. The monoisotopic (exact) mass is 514 g/mol. The summed E-state index contributed by atoms with van der Waals surface area (Å²) in [6, 6.07) is 33.0. The molecule has 0 aromatic heterocycles. The second-order valence-electron chi connectivity index (χ2n) is 5.18. The van der Waals surface area contributed by atoms with E-state index in [-0.39, 0.29) is 0 Å². The molecule has 0 saturated heterocycles. The first-order chi connectivity index (χ1) is 11.4. The van der Waals surface area contributed by atoms with Crippen molar-refractivity contribution < 1.29 is 0 Å². The van der Waals surface area contributed by atoms with Crippen molar-refractivity contribution in [3.05, 3.63) is 91.0 Å². The Kier molecular flexibility index (Phi) is 8.47. The van der Waals surface area contributed by atoms with E-state index >= 15 is 0 Å². The van der Waals surface area contributed by atoms with Gasteiger partial charge in [-0.05, 0) is 0 Å². The van der Waals surface area contributed by atoms with Gasteiger partial charge in [0.05, 0.1) is 0 Å². The molecule has 0 heterocycles. The molecule has 0 spiro atoms. The van der Waals surface area contributed by atoms with Gasteiger partial charge in [0.25, 0.3) is 0 Å². The normalized spacial score (nSPS) is 10.0. The molecule has 1 radical (unpaired) electrons. The SMILES string of the molecule is CCC[S-].c1cc[c]([Pb]([c]2ccccc2)[c]2ccccc2)cc1. The van der Waals surface area contributed by atoms with Crippen LogP contribution < -0.4 is 9.37 Å². The maximum absolute atomic E-state index is 4.55. The van der Waals surface area contributed by atoms with Gasteiger partial charge in [-0.15, -0.1) is 0 Å². The number of hydrogen-bond donors (Lipinski definition) is 0. The van der Waals surface area contributed by atoms with E-state index in [1.807, 2.05) is 0 Å². The first-order valence-corrected chi connectivity index (χ1v) is 14.4. The fourth-order valence-corrected chi connectivity index (χ4v) is 12.3. The maximum atomic E-state index is 4.55. The summed E-state index contributed by atoms with van der Waals surface area (Å²) >= 11 is 2.38. The second-order valence-corrected chi connectivity index (χ2v) is 15.2. The third kappa shape index (κ3) is 5.81. The Morgan fingerprint density at radius 3 is 1.09 bits per heavy atom. The van der Waals surface area contributed by atoms with Gasteiger partial charge in [-0.3, -0.25) is 0 Å². The summed E-state index contributed by atoms with van der Waals surface area (Å²) in [4.78, 5) is 0. The van der Waals surface area contributed by atoms with Crippen LogP contribution in [0.2, 0.25) is 0 Å². The average molecular weight is 514 g/mol. The summed E-state index contributed by atoms with van der Waals surface area (Å²) in [5.41, 5.74) is 0. The Morgan fingerprint density at radius 2 is 0.870 bits per heavy atom. The summed E-state index contributed by atoms with van der Waals surface area (Å²) in [5, 5.41) is 0. The first-order valence-electron chi connectivity index (χ1n) is 7.98. The van der Waals surface area contributed by atoms with Gasteiger partial charge in [0.15, 0.2) is 0 Å². The molecular weight excluding hydrogens is 491 g/mol. The molecule has 0 unspecified atom stereocenters. The fourth-order valence-electron chi connectivity index (χ4n) is 2.31. The van der Waals surface area contributed by atoms with Gasteiger partial charge in [0.1, 0.15) is 0 Å². The van der Waals surface area contributed by atoms with Crippen LogP contribution in [0.25, 0.3) is 0 Å². The predicted molar refractivity (Wildman–Crippen MR) is 107 cm³/mol. The Hall–Kier alpha value is -1.07. The first kappa shape index (κ1) is 18.3. The average Bonchev–Trinajstić information content (AvgIpc) is 2.65. The van der Waals surface area contributed by atoms with Crippen molar-refractivity contribution >= 4 is 44.7 Å². The van der Waals surface area contributed by atoms with Crippen LogP contribution in [-0.4, -0.2) is 28.5 Å². The van der Waals surface area contributed by atoms with Gasteiger partial charge in [-0.1, -0.05) is 13.3 Å². The van der Waals surface area contributed by atoms with Gasteiger partial charge in [0, 0.05) is 0 Å². The summed E-state index contributed by atoms with van der Waals surface area (Å²) in [5.74, 6) is 0.903. The van der Waals surface area contributed by atoms with Crippen LogP contribution in [-0.2, 0) is 12.6 Å². The molecule has 0 bridgehead atoms. The minimum atomic E-state index is -2.17. The Morgan fingerprint density at radius 1 is 0.609 bits per heavy atom. The zero-order chi connectivity index (χ0) is 16.3. The Labute approximate surface area is 154 Å². The summed E-state index contributed by atoms with van der Waals surface area (Å²) in [6.07, 6.45) is 1.13. The third-order valence-electron chi connectivity index (χ3n) is 3.39. The van der Waals surface area contributed by atoms with E-state index in [1.54, 1.807) is 9.37 Å². The number of benzene rings is 3. The molecule has 0 fully saturated rings. The molecule has 0 atom stereocenters. The van der Waals surface area contributed by atoms with Crippen LogP contribution in [0.3, 0.4) is 0 Å². The predicted octanol–water partition coefficient (Wildman–Crippen LogP) is 3.15. The molecule has 0 saturated carbocycles. The van der Waals surface area contributed by atoms with Crippen LogP contribution in [0.4, 0.5) is 0 Å². The third-order valence-corrected chi connectivity index (χ3v) is 14.4. The van der Waals surface area contributed by atoms with Gasteiger partial charge in [0.2, 0.25) is 0 Å². The summed E-state index contributed by atoms with van der Waals surface area (Å²) in [7, 11) is 0. The molecule has 0 N–H and O–H groups in total. The topological polar surface area (TPSA) is 0 Å². The van der Waals surface area contributed by atoms with Crippen molar-refractivity contribution in [3.63, 3.8) is 0 Å². The molecule has 117 valence electrons. The molecule has 0 amide bonds. The summed E-state index contributed by atoms with van der Waals surface area (Å²) < 4.78 is 4.64. The van der Waals surface area contributed by atoms with Gasteiger partial charge in [-0.25, -0.2) is 0 Å². The molecule has 0 nitrogen and oxygen atoms in total. The molecule has 23 heavy (non-hydrogen) atoms. The van der Waals surface area contributed by atoms with Crippen molar-refractivity contribution in [1.29, 1.82) is 0 Å².